The van der Waals surface area contributed by atoms with Gasteiger partial charge < -0.3 is 15.6 Å². The van der Waals surface area contributed by atoms with Crippen LogP contribution in [0, 0.1) is 5.82 Å². The van der Waals surface area contributed by atoms with Crippen molar-refractivity contribution in [3.63, 3.8) is 0 Å². The lowest BCUT2D eigenvalue weighted by Crippen LogP contribution is -2.19. The smallest absolute Gasteiger partial charge is 0.323 e. The number of urea groups is 1. The average Bonchev–Trinajstić information content (AvgIpc) is 3.13. The summed E-state index contributed by atoms with van der Waals surface area (Å²) < 4.78 is 12.9. The molecule has 2 amide bonds. The molecule has 0 atom stereocenters. The Bertz CT molecular complexity index is 1060. The Morgan fingerprint density at radius 1 is 0.885 bits per heavy atom. The number of rotatable bonds is 3. The van der Waals surface area contributed by atoms with E-state index in [-0.39, 0.29) is 5.82 Å². The van der Waals surface area contributed by atoms with Crippen LogP contribution in [-0.4, -0.2) is 21.0 Å². The lowest BCUT2D eigenvalue weighted by Gasteiger charge is -2.08. The van der Waals surface area contributed by atoms with Gasteiger partial charge in [-0.15, -0.1) is 0 Å². The van der Waals surface area contributed by atoms with E-state index in [4.69, 9.17) is 0 Å². The molecule has 0 radical (unpaired) electrons. The summed E-state index contributed by atoms with van der Waals surface area (Å²) in [4.78, 5) is 23.6. The van der Waals surface area contributed by atoms with Crippen LogP contribution < -0.4 is 10.6 Å². The number of nitrogens with one attached hydrogen (secondary N) is 3. The van der Waals surface area contributed by atoms with Gasteiger partial charge in [-0.05, 0) is 42.5 Å². The van der Waals surface area contributed by atoms with E-state index in [1.807, 2.05) is 24.4 Å². The highest BCUT2D eigenvalue weighted by Crippen LogP contribution is 2.25. The first-order valence-corrected chi connectivity index (χ1v) is 7.91. The normalized spacial score (nSPS) is 10.7. The minimum atomic E-state index is -0.403. The van der Waals surface area contributed by atoms with Gasteiger partial charge in [-0.25, -0.2) is 19.2 Å². The molecule has 2 heterocycles. The molecule has 0 aliphatic carbocycles. The molecule has 3 N–H and O–H groups in total. The average molecular weight is 347 g/mol. The zero-order valence-electron chi connectivity index (χ0n) is 13.5. The van der Waals surface area contributed by atoms with Crippen LogP contribution in [0.3, 0.4) is 0 Å². The third-order valence-corrected chi connectivity index (χ3v) is 3.87. The van der Waals surface area contributed by atoms with Gasteiger partial charge >= 0.3 is 6.03 Å². The highest BCUT2D eigenvalue weighted by atomic mass is 19.1. The summed E-state index contributed by atoms with van der Waals surface area (Å²) in [5.74, 6) is -0.354. The molecule has 26 heavy (non-hydrogen) atoms. The number of nitrogens with zero attached hydrogens (tertiary/aromatic N) is 2. The van der Waals surface area contributed by atoms with Crippen molar-refractivity contribution in [1.29, 1.82) is 0 Å². The third kappa shape index (κ3) is 3.23. The van der Waals surface area contributed by atoms with Gasteiger partial charge in [-0.2, -0.15) is 0 Å². The first kappa shape index (κ1) is 15.8. The third-order valence-electron chi connectivity index (χ3n) is 3.87. The number of H-pyrrole nitrogens is 1. The molecule has 2 aromatic carbocycles. The standard InChI is InChI=1S/C19H14FN5O/c20-13-3-7-15(8-4-13)25-19(26)24-14-5-1-12(2-6-14)17-16-9-10-21-18(16)23-11-22-17/h1-11H,(H,21,22,23)(H2,24,25,26). The van der Waals surface area contributed by atoms with Crippen LogP contribution in [0.25, 0.3) is 22.3 Å². The Balaban J connectivity index is 1.48. The molecule has 2 aromatic heterocycles. The summed E-state index contributed by atoms with van der Waals surface area (Å²) in [6.45, 7) is 0. The minimum Gasteiger partial charge on any atom is -0.346 e. The Labute approximate surface area is 148 Å². The van der Waals surface area contributed by atoms with Crippen LogP contribution in [0.5, 0.6) is 0 Å². The number of hydrogen-bond donors (Lipinski definition) is 3. The van der Waals surface area contributed by atoms with Gasteiger partial charge in [0.1, 0.15) is 17.8 Å². The van der Waals surface area contributed by atoms with E-state index in [0.29, 0.717) is 11.4 Å². The molecule has 0 saturated carbocycles. The fourth-order valence-corrected chi connectivity index (χ4v) is 2.64. The van der Waals surface area contributed by atoms with Crippen molar-refractivity contribution >= 4 is 28.4 Å². The first-order chi connectivity index (χ1) is 12.7. The van der Waals surface area contributed by atoms with Crippen molar-refractivity contribution in [2.45, 2.75) is 0 Å². The van der Waals surface area contributed by atoms with Crippen LogP contribution in [0.1, 0.15) is 0 Å². The lowest BCUT2D eigenvalue weighted by atomic mass is 10.1. The number of aromatic amines is 1. The number of hydrogen-bond acceptors (Lipinski definition) is 3. The maximum absolute atomic E-state index is 12.9. The highest BCUT2D eigenvalue weighted by Gasteiger charge is 2.08. The molecule has 7 heteroatoms. The molecular weight excluding hydrogens is 333 g/mol. The summed E-state index contributed by atoms with van der Waals surface area (Å²) in [5, 5.41) is 6.31. The van der Waals surface area contributed by atoms with Crippen LogP contribution in [0.4, 0.5) is 20.6 Å². The number of aromatic nitrogens is 3. The zero-order chi connectivity index (χ0) is 17.9. The summed E-state index contributed by atoms with van der Waals surface area (Å²) in [6, 6.07) is 14.4. The van der Waals surface area contributed by atoms with Crippen LogP contribution in [0.2, 0.25) is 0 Å². The number of carbonyl (C=O) groups excluding carboxylic acids is 1. The van der Waals surface area contributed by atoms with Gasteiger partial charge in [0, 0.05) is 28.5 Å². The van der Waals surface area contributed by atoms with Crippen molar-refractivity contribution in [2.75, 3.05) is 10.6 Å². The van der Waals surface area contributed by atoms with Crippen molar-refractivity contribution in [3.8, 4) is 11.3 Å². The number of amides is 2. The number of carbonyl (C=O) groups is 1. The molecule has 0 unspecified atom stereocenters. The van der Waals surface area contributed by atoms with Gasteiger partial charge in [0.25, 0.3) is 0 Å². The Morgan fingerprint density at radius 2 is 1.54 bits per heavy atom. The molecule has 0 saturated heterocycles. The maximum Gasteiger partial charge on any atom is 0.323 e. The molecule has 0 spiro atoms. The molecule has 0 bridgehead atoms. The van der Waals surface area contributed by atoms with E-state index >= 15 is 0 Å². The van der Waals surface area contributed by atoms with Gasteiger partial charge in [0.2, 0.25) is 0 Å². The van der Waals surface area contributed by atoms with Crippen molar-refractivity contribution < 1.29 is 9.18 Å². The SMILES string of the molecule is O=C(Nc1ccc(F)cc1)Nc1ccc(-c2ncnc3[nH]ccc23)cc1. The van der Waals surface area contributed by atoms with E-state index in [1.54, 1.807) is 12.1 Å². The van der Waals surface area contributed by atoms with Crippen molar-refractivity contribution in [2.24, 2.45) is 0 Å². The van der Waals surface area contributed by atoms with Gasteiger partial charge in [-0.1, -0.05) is 12.1 Å². The maximum atomic E-state index is 12.9. The number of benzene rings is 2. The molecular formula is C19H14FN5O. The topological polar surface area (TPSA) is 82.7 Å². The van der Waals surface area contributed by atoms with Gasteiger partial charge in [-0.3, -0.25) is 0 Å². The van der Waals surface area contributed by atoms with E-state index in [1.165, 1.54) is 30.6 Å². The first-order valence-electron chi connectivity index (χ1n) is 7.91. The Morgan fingerprint density at radius 3 is 2.23 bits per heavy atom. The second kappa shape index (κ2) is 6.64. The quantitative estimate of drug-likeness (QED) is 0.513. The molecule has 4 rings (SSSR count). The number of anilines is 2. The molecule has 0 aliphatic rings. The second-order valence-electron chi connectivity index (χ2n) is 5.63. The summed E-state index contributed by atoms with van der Waals surface area (Å²) in [5.41, 5.74) is 3.65. The van der Waals surface area contributed by atoms with Gasteiger partial charge in [0.15, 0.2) is 0 Å². The lowest BCUT2D eigenvalue weighted by molar-refractivity contribution is 0.262. The monoisotopic (exact) mass is 347 g/mol. The van der Waals surface area contributed by atoms with Crippen molar-refractivity contribution in [3.05, 3.63) is 72.9 Å². The summed E-state index contributed by atoms with van der Waals surface area (Å²) >= 11 is 0. The van der Waals surface area contributed by atoms with Crippen LogP contribution in [0.15, 0.2) is 67.1 Å². The molecule has 0 fully saturated rings. The minimum absolute atomic E-state index is 0.354. The Kier molecular flexibility index (Phi) is 4.03. The predicted octanol–water partition coefficient (Wildman–Crippen LogP) is 4.41. The second-order valence-corrected chi connectivity index (χ2v) is 5.63. The van der Waals surface area contributed by atoms with E-state index in [0.717, 1.165) is 22.3 Å². The summed E-state index contributed by atoms with van der Waals surface area (Å²) in [6.07, 6.45) is 3.33. The van der Waals surface area contributed by atoms with Crippen LogP contribution in [-0.2, 0) is 0 Å². The van der Waals surface area contributed by atoms with E-state index in [2.05, 4.69) is 25.6 Å². The fraction of sp³-hybridized carbons (Fsp3) is 0. The zero-order valence-corrected chi connectivity index (χ0v) is 13.5. The summed E-state index contributed by atoms with van der Waals surface area (Å²) in [7, 11) is 0. The number of halogens is 1. The fourth-order valence-electron chi connectivity index (χ4n) is 2.64. The molecule has 0 aliphatic heterocycles. The predicted molar refractivity (Wildman–Crippen MR) is 98.4 cm³/mol. The molecule has 128 valence electrons. The molecule has 6 nitrogen and oxygen atoms in total. The van der Waals surface area contributed by atoms with E-state index in [9.17, 15) is 9.18 Å². The van der Waals surface area contributed by atoms with Crippen molar-refractivity contribution in [1.82, 2.24) is 15.0 Å². The molecule has 4 aromatic rings. The Hall–Kier alpha value is -3.74. The van der Waals surface area contributed by atoms with Gasteiger partial charge in [0.05, 0.1) is 5.69 Å². The highest BCUT2D eigenvalue weighted by molar-refractivity contribution is 6.00. The van der Waals surface area contributed by atoms with E-state index < -0.39 is 6.03 Å². The number of fused-ring (bicyclic) bond motifs is 1. The largest absolute Gasteiger partial charge is 0.346 e. The van der Waals surface area contributed by atoms with Crippen LogP contribution >= 0.6 is 0 Å².